The Morgan fingerprint density at radius 3 is 2.52 bits per heavy atom. The van der Waals surface area contributed by atoms with Crippen molar-refractivity contribution >= 4 is 13.8 Å². The fourth-order valence-corrected chi connectivity index (χ4v) is 4.00. The van der Waals surface area contributed by atoms with E-state index in [2.05, 4.69) is 28.0 Å². The van der Waals surface area contributed by atoms with Gasteiger partial charge >= 0.3 is 0 Å². The lowest BCUT2D eigenvalue weighted by Gasteiger charge is -2.37. The SMILES string of the molecule is [B]C=CC=C[C@H]1CCCN1C(=O)[C@H](c1ccccc1)N1CCCCC1. The third-order valence-electron chi connectivity index (χ3n) is 5.24. The molecule has 2 fully saturated rings. The zero-order valence-corrected chi connectivity index (χ0v) is 14.9. The van der Waals surface area contributed by atoms with Gasteiger partial charge in [-0.15, -0.1) is 5.98 Å². The Labute approximate surface area is 152 Å². The number of allylic oxidation sites excluding steroid dienone is 2. The maximum Gasteiger partial charge on any atom is 0.245 e. The second-order valence-electron chi connectivity index (χ2n) is 6.92. The van der Waals surface area contributed by atoms with Crippen LogP contribution in [-0.2, 0) is 4.79 Å². The molecule has 2 saturated heterocycles. The first kappa shape index (κ1) is 18.0. The van der Waals surface area contributed by atoms with Crippen molar-refractivity contribution in [1.29, 1.82) is 0 Å². The van der Waals surface area contributed by atoms with Crippen LogP contribution in [-0.4, -0.2) is 49.2 Å². The fourth-order valence-electron chi connectivity index (χ4n) is 4.00. The van der Waals surface area contributed by atoms with Gasteiger partial charge in [-0.3, -0.25) is 9.69 Å². The van der Waals surface area contributed by atoms with Crippen molar-refractivity contribution in [3.8, 4) is 0 Å². The van der Waals surface area contributed by atoms with Crippen LogP contribution >= 0.6 is 0 Å². The van der Waals surface area contributed by atoms with Crippen LogP contribution in [0.3, 0.4) is 0 Å². The summed E-state index contributed by atoms with van der Waals surface area (Å²) in [5.74, 6) is 1.77. The molecule has 2 radical (unpaired) electrons. The minimum absolute atomic E-state index is 0.152. The van der Waals surface area contributed by atoms with E-state index in [1.165, 1.54) is 25.2 Å². The molecule has 2 heterocycles. The molecule has 130 valence electrons. The maximum absolute atomic E-state index is 13.5. The van der Waals surface area contributed by atoms with Crippen LogP contribution in [0.1, 0.15) is 43.7 Å². The van der Waals surface area contributed by atoms with Crippen molar-refractivity contribution < 1.29 is 4.79 Å². The van der Waals surface area contributed by atoms with Gasteiger partial charge in [0.25, 0.3) is 0 Å². The van der Waals surface area contributed by atoms with Gasteiger partial charge in [0.05, 0.1) is 6.04 Å². The molecule has 25 heavy (non-hydrogen) atoms. The summed E-state index contributed by atoms with van der Waals surface area (Å²) in [6.07, 6.45) is 11.6. The highest BCUT2D eigenvalue weighted by Gasteiger charge is 2.36. The summed E-state index contributed by atoms with van der Waals surface area (Å²) in [5.41, 5.74) is 1.12. The van der Waals surface area contributed by atoms with E-state index in [1.54, 1.807) is 0 Å². The van der Waals surface area contributed by atoms with Gasteiger partial charge in [0.1, 0.15) is 13.9 Å². The second kappa shape index (κ2) is 9.05. The van der Waals surface area contributed by atoms with Crippen molar-refractivity contribution in [3.63, 3.8) is 0 Å². The van der Waals surface area contributed by atoms with Crippen molar-refractivity contribution in [3.05, 3.63) is 60.1 Å². The first-order chi connectivity index (χ1) is 12.3. The topological polar surface area (TPSA) is 23.6 Å². The van der Waals surface area contributed by atoms with Crippen LogP contribution in [0.2, 0.25) is 0 Å². The number of amides is 1. The molecule has 1 amide bonds. The second-order valence-corrected chi connectivity index (χ2v) is 6.92. The molecule has 0 N–H and O–H groups in total. The van der Waals surface area contributed by atoms with Gasteiger partial charge in [0, 0.05) is 6.54 Å². The molecule has 2 atom stereocenters. The molecule has 1 aromatic carbocycles. The molecule has 3 rings (SSSR count). The summed E-state index contributed by atoms with van der Waals surface area (Å²) in [6.45, 7) is 2.86. The van der Waals surface area contributed by atoms with Gasteiger partial charge in [-0.2, -0.15) is 0 Å². The Morgan fingerprint density at radius 2 is 1.80 bits per heavy atom. The fraction of sp³-hybridized carbons (Fsp3) is 0.476. The highest BCUT2D eigenvalue weighted by molar-refractivity contribution is 6.17. The standard InChI is InChI=1S/C21H27BN2O/c22-14-6-5-12-19-13-9-17-24(19)21(25)20(18-10-3-1-4-11-18)23-15-7-2-8-16-23/h1,3-6,10-12,14,19-20H,2,7-9,13,15-17H2/t19-,20-/m0/s1. The third-order valence-corrected chi connectivity index (χ3v) is 5.24. The minimum atomic E-state index is -0.152. The molecular weight excluding hydrogens is 307 g/mol. The predicted molar refractivity (Wildman–Crippen MR) is 103 cm³/mol. The monoisotopic (exact) mass is 334 g/mol. The Morgan fingerprint density at radius 1 is 1.04 bits per heavy atom. The summed E-state index contributed by atoms with van der Waals surface area (Å²) in [6, 6.07) is 10.3. The van der Waals surface area contributed by atoms with E-state index in [0.29, 0.717) is 0 Å². The highest BCUT2D eigenvalue weighted by Crippen LogP contribution is 2.30. The van der Waals surface area contributed by atoms with E-state index in [-0.39, 0.29) is 18.0 Å². The first-order valence-corrected chi connectivity index (χ1v) is 9.46. The summed E-state index contributed by atoms with van der Waals surface area (Å²) in [5, 5.41) is 0. The quantitative estimate of drug-likeness (QED) is 0.608. The molecule has 0 saturated carbocycles. The maximum atomic E-state index is 13.5. The number of hydrogen-bond donors (Lipinski definition) is 0. The molecule has 2 aliphatic heterocycles. The lowest BCUT2D eigenvalue weighted by Crippen LogP contribution is -2.46. The van der Waals surface area contributed by atoms with E-state index < -0.39 is 0 Å². The molecular formula is C21H27BN2O. The Kier molecular flexibility index (Phi) is 6.51. The molecule has 0 bridgehead atoms. The summed E-state index contributed by atoms with van der Waals surface area (Å²) < 4.78 is 0. The van der Waals surface area contributed by atoms with Crippen molar-refractivity contribution in [1.82, 2.24) is 9.80 Å². The zero-order valence-electron chi connectivity index (χ0n) is 14.9. The number of piperidine rings is 1. The largest absolute Gasteiger partial charge is 0.335 e. The number of likely N-dealkylation sites (tertiary alicyclic amines) is 2. The summed E-state index contributed by atoms with van der Waals surface area (Å²) >= 11 is 0. The number of hydrogen-bond acceptors (Lipinski definition) is 2. The molecule has 2 aliphatic rings. The molecule has 4 heteroatoms. The van der Waals surface area contributed by atoms with Crippen molar-refractivity contribution in [2.24, 2.45) is 0 Å². The van der Waals surface area contributed by atoms with Gasteiger partial charge in [-0.1, -0.05) is 55.0 Å². The van der Waals surface area contributed by atoms with Gasteiger partial charge in [-0.05, 0) is 44.3 Å². The van der Waals surface area contributed by atoms with Gasteiger partial charge < -0.3 is 4.90 Å². The van der Waals surface area contributed by atoms with E-state index in [4.69, 9.17) is 7.85 Å². The number of nitrogens with zero attached hydrogens (tertiary/aromatic N) is 2. The molecule has 3 nitrogen and oxygen atoms in total. The summed E-state index contributed by atoms with van der Waals surface area (Å²) in [7, 11) is 5.41. The lowest BCUT2D eigenvalue weighted by atomic mass is 10.00. The van der Waals surface area contributed by atoms with E-state index in [9.17, 15) is 4.79 Å². The average molecular weight is 334 g/mol. The van der Waals surface area contributed by atoms with Crippen molar-refractivity contribution in [2.75, 3.05) is 19.6 Å². The third kappa shape index (κ3) is 4.43. The predicted octanol–water partition coefficient (Wildman–Crippen LogP) is 3.44. The Hall–Kier alpha value is -1.81. The highest BCUT2D eigenvalue weighted by atomic mass is 16.2. The van der Waals surface area contributed by atoms with Crippen molar-refractivity contribution in [2.45, 2.75) is 44.2 Å². The molecule has 1 aromatic rings. The normalized spacial score (nSPS) is 23.5. The Bertz CT molecular complexity index is 608. The number of rotatable bonds is 5. The lowest BCUT2D eigenvalue weighted by molar-refractivity contribution is -0.137. The average Bonchev–Trinajstić information content (AvgIpc) is 3.12. The zero-order chi connectivity index (χ0) is 17.5. The Balaban J connectivity index is 1.83. The first-order valence-electron chi connectivity index (χ1n) is 9.46. The molecule has 0 aromatic heterocycles. The van der Waals surface area contributed by atoms with E-state index >= 15 is 0 Å². The minimum Gasteiger partial charge on any atom is -0.335 e. The van der Waals surface area contributed by atoms with Crippen LogP contribution in [0.5, 0.6) is 0 Å². The van der Waals surface area contributed by atoms with Crippen LogP contribution in [0.25, 0.3) is 0 Å². The van der Waals surface area contributed by atoms with Crippen LogP contribution in [0.4, 0.5) is 0 Å². The summed E-state index contributed by atoms with van der Waals surface area (Å²) in [4.78, 5) is 17.9. The molecule has 0 aliphatic carbocycles. The van der Waals surface area contributed by atoms with Crippen LogP contribution < -0.4 is 0 Å². The van der Waals surface area contributed by atoms with E-state index in [0.717, 1.165) is 38.0 Å². The molecule has 0 spiro atoms. The van der Waals surface area contributed by atoms with Crippen LogP contribution in [0.15, 0.2) is 54.5 Å². The molecule has 0 unspecified atom stereocenters. The van der Waals surface area contributed by atoms with Gasteiger partial charge in [-0.25, -0.2) is 0 Å². The number of benzene rings is 1. The number of carbonyl (C=O) groups is 1. The smallest absolute Gasteiger partial charge is 0.245 e. The number of carbonyl (C=O) groups excluding carboxylic acids is 1. The van der Waals surface area contributed by atoms with Gasteiger partial charge in [0.15, 0.2) is 0 Å². The van der Waals surface area contributed by atoms with Crippen LogP contribution in [0, 0.1) is 0 Å². The van der Waals surface area contributed by atoms with E-state index in [1.807, 2.05) is 30.4 Å². The van der Waals surface area contributed by atoms with Gasteiger partial charge in [0.2, 0.25) is 5.91 Å².